The summed E-state index contributed by atoms with van der Waals surface area (Å²) >= 11 is 0. The third kappa shape index (κ3) is 3.74. The third-order valence-corrected chi connectivity index (χ3v) is 3.78. The number of nitrogens with one attached hydrogen (secondary N) is 2. The first kappa shape index (κ1) is 17.7. The van der Waals surface area contributed by atoms with Crippen LogP contribution in [-0.4, -0.2) is 22.9 Å². The summed E-state index contributed by atoms with van der Waals surface area (Å²) in [5, 5.41) is 6.15. The van der Waals surface area contributed by atoms with E-state index >= 15 is 0 Å². The molecule has 3 rings (SSSR count). The quantitative estimate of drug-likeness (QED) is 0.746. The molecule has 0 aliphatic carbocycles. The second-order valence-electron chi connectivity index (χ2n) is 5.57. The molecule has 0 fully saturated rings. The Morgan fingerprint density at radius 3 is 2.69 bits per heavy atom. The number of fused-ring (bicyclic) bond motifs is 1. The van der Waals surface area contributed by atoms with Crippen molar-refractivity contribution >= 4 is 22.8 Å². The maximum absolute atomic E-state index is 12.8. The first-order valence-corrected chi connectivity index (χ1v) is 7.76. The topological polar surface area (TPSA) is 66.9 Å². The standard InChI is InChI=1S/C18H15F3N4O/c1-22-16-14(9-12-5-3-7-23-15(12)25-16)17(26)24-10-11-4-2-6-13(8-11)18(19,20)21/h2-9H,10H2,1H3,(H,24,26)(H,22,23,25). The molecule has 0 aliphatic rings. The smallest absolute Gasteiger partial charge is 0.372 e. The van der Waals surface area contributed by atoms with Crippen molar-refractivity contribution in [3.63, 3.8) is 0 Å². The zero-order valence-electron chi connectivity index (χ0n) is 13.8. The Labute approximate surface area is 147 Å². The number of hydrogen-bond acceptors (Lipinski definition) is 4. The van der Waals surface area contributed by atoms with Gasteiger partial charge in [0.1, 0.15) is 5.82 Å². The van der Waals surface area contributed by atoms with Gasteiger partial charge in [-0.15, -0.1) is 0 Å². The van der Waals surface area contributed by atoms with Crippen LogP contribution in [0, 0.1) is 0 Å². The molecule has 0 saturated heterocycles. The molecule has 0 atom stereocenters. The van der Waals surface area contributed by atoms with E-state index in [4.69, 9.17) is 0 Å². The van der Waals surface area contributed by atoms with Crippen LogP contribution in [0.15, 0.2) is 48.7 Å². The van der Waals surface area contributed by atoms with Gasteiger partial charge in [0.15, 0.2) is 5.65 Å². The minimum absolute atomic E-state index is 0.0308. The van der Waals surface area contributed by atoms with E-state index in [0.717, 1.165) is 12.1 Å². The summed E-state index contributed by atoms with van der Waals surface area (Å²) in [5.74, 6) is -0.0947. The molecule has 2 aromatic heterocycles. The molecule has 5 nitrogen and oxygen atoms in total. The molecule has 0 saturated carbocycles. The summed E-state index contributed by atoms with van der Waals surface area (Å²) in [6, 6.07) is 9.99. The Balaban J connectivity index is 1.81. The van der Waals surface area contributed by atoms with Crippen molar-refractivity contribution in [2.75, 3.05) is 12.4 Å². The van der Waals surface area contributed by atoms with E-state index in [9.17, 15) is 18.0 Å². The lowest BCUT2D eigenvalue weighted by Gasteiger charge is -2.12. The fourth-order valence-electron chi connectivity index (χ4n) is 2.50. The molecule has 134 valence electrons. The molecule has 0 spiro atoms. The summed E-state index contributed by atoms with van der Waals surface area (Å²) in [4.78, 5) is 20.9. The first-order chi connectivity index (χ1) is 12.4. The lowest BCUT2D eigenvalue weighted by atomic mass is 10.1. The Bertz CT molecular complexity index is 957. The number of amides is 1. The number of carbonyl (C=O) groups is 1. The second-order valence-corrected chi connectivity index (χ2v) is 5.57. The molecule has 2 heterocycles. The minimum Gasteiger partial charge on any atom is -0.372 e. The van der Waals surface area contributed by atoms with E-state index in [2.05, 4.69) is 20.6 Å². The highest BCUT2D eigenvalue weighted by atomic mass is 19.4. The zero-order chi connectivity index (χ0) is 18.7. The highest BCUT2D eigenvalue weighted by molar-refractivity contribution is 6.01. The minimum atomic E-state index is -4.42. The highest BCUT2D eigenvalue weighted by Crippen LogP contribution is 2.29. The van der Waals surface area contributed by atoms with Crippen molar-refractivity contribution in [1.82, 2.24) is 15.3 Å². The number of anilines is 1. The van der Waals surface area contributed by atoms with Crippen LogP contribution in [0.4, 0.5) is 19.0 Å². The van der Waals surface area contributed by atoms with E-state index in [1.165, 1.54) is 12.1 Å². The largest absolute Gasteiger partial charge is 0.416 e. The van der Waals surface area contributed by atoms with Crippen LogP contribution in [0.5, 0.6) is 0 Å². The number of benzene rings is 1. The van der Waals surface area contributed by atoms with Gasteiger partial charge in [-0.25, -0.2) is 9.97 Å². The normalized spacial score (nSPS) is 11.4. The van der Waals surface area contributed by atoms with Crippen LogP contribution >= 0.6 is 0 Å². The van der Waals surface area contributed by atoms with E-state index < -0.39 is 17.6 Å². The molecule has 3 aromatic rings. The number of pyridine rings is 2. The average Bonchev–Trinajstić information content (AvgIpc) is 2.64. The fourth-order valence-corrected chi connectivity index (χ4v) is 2.50. The molecule has 2 N–H and O–H groups in total. The Morgan fingerprint density at radius 1 is 1.15 bits per heavy atom. The Morgan fingerprint density at radius 2 is 1.96 bits per heavy atom. The molecule has 0 radical (unpaired) electrons. The predicted molar refractivity (Wildman–Crippen MR) is 91.7 cm³/mol. The van der Waals surface area contributed by atoms with Crippen LogP contribution in [0.2, 0.25) is 0 Å². The zero-order valence-corrected chi connectivity index (χ0v) is 13.8. The number of hydrogen-bond donors (Lipinski definition) is 2. The number of aromatic nitrogens is 2. The van der Waals surface area contributed by atoms with Crippen LogP contribution in [0.3, 0.4) is 0 Å². The summed E-state index contributed by atoms with van der Waals surface area (Å²) < 4.78 is 38.3. The number of nitrogens with zero attached hydrogens (tertiary/aromatic N) is 2. The molecule has 8 heteroatoms. The lowest BCUT2D eigenvalue weighted by Crippen LogP contribution is -2.24. The van der Waals surface area contributed by atoms with Crippen molar-refractivity contribution in [3.8, 4) is 0 Å². The van der Waals surface area contributed by atoms with Crippen molar-refractivity contribution in [3.05, 3.63) is 65.4 Å². The fraction of sp³-hybridized carbons (Fsp3) is 0.167. The Hall–Kier alpha value is -3.16. The van der Waals surface area contributed by atoms with Gasteiger partial charge in [0.2, 0.25) is 0 Å². The van der Waals surface area contributed by atoms with Crippen LogP contribution in [0.25, 0.3) is 11.0 Å². The second kappa shape index (κ2) is 6.99. The van der Waals surface area contributed by atoms with Crippen LogP contribution in [0.1, 0.15) is 21.5 Å². The van der Waals surface area contributed by atoms with E-state index in [1.54, 1.807) is 31.4 Å². The molecule has 1 aromatic carbocycles. The van der Waals surface area contributed by atoms with Gasteiger partial charge in [0.25, 0.3) is 5.91 Å². The molecule has 0 unspecified atom stereocenters. The first-order valence-electron chi connectivity index (χ1n) is 7.76. The summed E-state index contributed by atoms with van der Waals surface area (Å²) in [6.45, 7) is -0.0308. The molecule has 0 bridgehead atoms. The van der Waals surface area contributed by atoms with E-state index in [0.29, 0.717) is 28.0 Å². The number of rotatable bonds is 4. The predicted octanol–water partition coefficient (Wildman–Crippen LogP) is 3.62. The number of halogens is 3. The van der Waals surface area contributed by atoms with Crippen molar-refractivity contribution in [2.45, 2.75) is 12.7 Å². The van der Waals surface area contributed by atoms with Gasteiger partial charge in [-0.3, -0.25) is 4.79 Å². The van der Waals surface area contributed by atoms with Crippen LogP contribution < -0.4 is 10.6 Å². The van der Waals surface area contributed by atoms with Crippen molar-refractivity contribution in [1.29, 1.82) is 0 Å². The summed E-state index contributed by atoms with van der Waals surface area (Å²) in [5.41, 5.74) is 0.388. The molecule has 26 heavy (non-hydrogen) atoms. The lowest BCUT2D eigenvalue weighted by molar-refractivity contribution is -0.137. The van der Waals surface area contributed by atoms with Crippen LogP contribution in [-0.2, 0) is 12.7 Å². The SMILES string of the molecule is CNc1nc2ncccc2cc1C(=O)NCc1cccc(C(F)(F)F)c1. The summed E-state index contributed by atoms with van der Waals surface area (Å²) in [7, 11) is 1.63. The van der Waals surface area contributed by atoms with E-state index in [1.807, 2.05) is 0 Å². The maximum atomic E-state index is 12.8. The highest BCUT2D eigenvalue weighted by Gasteiger charge is 2.30. The van der Waals surface area contributed by atoms with Crippen molar-refractivity contribution < 1.29 is 18.0 Å². The molecule has 0 aliphatic heterocycles. The molecular formula is C18H15F3N4O. The summed E-state index contributed by atoms with van der Waals surface area (Å²) in [6.07, 6.45) is -2.82. The number of alkyl halides is 3. The maximum Gasteiger partial charge on any atom is 0.416 e. The van der Waals surface area contributed by atoms with Gasteiger partial charge >= 0.3 is 6.18 Å². The monoisotopic (exact) mass is 360 g/mol. The van der Waals surface area contributed by atoms with Crippen molar-refractivity contribution in [2.24, 2.45) is 0 Å². The average molecular weight is 360 g/mol. The third-order valence-electron chi connectivity index (χ3n) is 3.78. The van der Waals surface area contributed by atoms with E-state index in [-0.39, 0.29) is 6.54 Å². The van der Waals surface area contributed by atoms with Gasteiger partial charge in [-0.1, -0.05) is 12.1 Å². The van der Waals surface area contributed by atoms with Gasteiger partial charge in [0.05, 0.1) is 11.1 Å². The Kier molecular flexibility index (Phi) is 4.75. The van der Waals surface area contributed by atoms with Gasteiger partial charge in [-0.2, -0.15) is 13.2 Å². The van der Waals surface area contributed by atoms with Gasteiger partial charge in [-0.05, 0) is 35.9 Å². The molecular weight excluding hydrogens is 345 g/mol. The molecule has 1 amide bonds. The van der Waals surface area contributed by atoms with Gasteiger partial charge in [0, 0.05) is 25.2 Å². The van der Waals surface area contributed by atoms with Gasteiger partial charge < -0.3 is 10.6 Å². The number of carbonyl (C=O) groups excluding carboxylic acids is 1.